The van der Waals surface area contributed by atoms with Crippen LogP contribution in [0.25, 0.3) is 16.7 Å². The van der Waals surface area contributed by atoms with Crippen LogP contribution in [0, 0.1) is 6.92 Å². The number of pyridine rings is 2. The van der Waals surface area contributed by atoms with E-state index in [1.54, 1.807) is 35.9 Å². The van der Waals surface area contributed by atoms with Crippen molar-refractivity contribution in [2.24, 2.45) is 4.99 Å². The molecule has 1 atom stereocenters. The highest BCUT2D eigenvalue weighted by Crippen LogP contribution is 2.39. The van der Waals surface area contributed by atoms with Gasteiger partial charge in [-0.15, -0.1) is 0 Å². The minimum Gasteiger partial charge on any atom is -0.490 e. The number of aryl methyl sites for hydroxylation is 1. The van der Waals surface area contributed by atoms with Crippen molar-refractivity contribution in [3.63, 3.8) is 0 Å². The molecule has 3 aromatic heterocycles. The molecule has 1 aliphatic heterocycles. The Morgan fingerprint density at radius 1 is 1.00 bits per heavy atom. The molecule has 4 heterocycles. The second-order valence-corrected chi connectivity index (χ2v) is 10.4. The molecule has 1 fully saturated rings. The van der Waals surface area contributed by atoms with E-state index in [4.69, 9.17) is 28.7 Å². The van der Waals surface area contributed by atoms with Crippen LogP contribution in [0.3, 0.4) is 0 Å². The summed E-state index contributed by atoms with van der Waals surface area (Å²) in [7, 11) is 0. The molecule has 0 spiro atoms. The van der Waals surface area contributed by atoms with E-state index in [9.17, 15) is 14.4 Å². The molecule has 0 N–H and O–H groups in total. The van der Waals surface area contributed by atoms with E-state index in [2.05, 4.69) is 4.99 Å². The number of amides is 1. The number of benzene rings is 1. The average molecular weight is 619 g/mol. The number of carbonyl (C=O) groups is 2. The molecule has 4 aromatic rings. The predicted molar refractivity (Wildman–Crippen MR) is 166 cm³/mol. The summed E-state index contributed by atoms with van der Waals surface area (Å²) in [5.74, 6) is -0.346. The highest BCUT2D eigenvalue weighted by molar-refractivity contribution is 5.98. The summed E-state index contributed by atoms with van der Waals surface area (Å²) in [6, 6.07) is 8.11. The first-order valence-electron chi connectivity index (χ1n) is 15.3. The minimum atomic E-state index is -0.725. The number of aromatic nitrogens is 3. The molecule has 0 aliphatic carbocycles. The molecular weight excluding hydrogens is 580 g/mol. The second kappa shape index (κ2) is 13.9. The summed E-state index contributed by atoms with van der Waals surface area (Å²) in [5, 5.41) is 0.184. The van der Waals surface area contributed by atoms with Crippen LogP contribution in [-0.4, -0.2) is 65.0 Å². The van der Waals surface area contributed by atoms with Crippen LogP contribution in [0.4, 0.5) is 0 Å². The van der Waals surface area contributed by atoms with E-state index >= 15 is 0 Å². The SMILES string of the molecule is CCOC(=O)c1cc2c(=O)n3cccc(C)c3nc2n(C[C@@H]2CCCO2)c1=NC(=O)c1cc(OCC)c(OCC)c(OCC)c1. The number of esters is 1. The van der Waals surface area contributed by atoms with Gasteiger partial charge >= 0.3 is 5.97 Å². The first kappa shape index (κ1) is 31.7. The van der Waals surface area contributed by atoms with Crippen LogP contribution >= 0.6 is 0 Å². The monoisotopic (exact) mass is 618 g/mol. The number of rotatable bonds is 11. The summed E-state index contributed by atoms with van der Waals surface area (Å²) in [5.41, 5.74) is 1.28. The van der Waals surface area contributed by atoms with E-state index in [0.717, 1.165) is 18.4 Å². The third kappa shape index (κ3) is 6.41. The maximum Gasteiger partial charge on any atom is 0.341 e. The maximum absolute atomic E-state index is 14.0. The van der Waals surface area contributed by atoms with Gasteiger partial charge in [0, 0.05) is 18.4 Å². The third-order valence-corrected chi connectivity index (χ3v) is 7.37. The van der Waals surface area contributed by atoms with Crippen molar-refractivity contribution in [3.05, 3.63) is 69.1 Å². The van der Waals surface area contributed by atoms with Crippen molar-refractivity contribution < 1.29 is 33.3 Å². The molecule has 12 heteroatoms. The van der Waals surface area contributed by atoms with Gasteiger partial charge in [0.15, 0.2) is 17.0 Å². The van der Waals surface area contributed by atoms with Gasteiger partial charge in [0.2, 0.25) is 5.75 Å². The summed E-state index contributed by atoms with van der Waals surface area (Å²) in [6.45, 7) is 10.9. The summed E-state index contributed by atoms with van der Waals surface area (Å²) >= 11 is 0. The molecular formula is C33H38N4O8. The van der Waals surface area contributed by atoms with E-state index in [1.165, 1.54) is 10.5 Å². The van der Waals surface area contributed by atoms with Gasteiger partial charge in [-0.1, -0.05) is 6.07 Å². The number of fused-ring (bicyclic) bond motifs is 2. The minimum absolute atomic E-state index is 0.0103. The van der Waals surface area contributed by atoms with Gasteiger partial charge in [-0.2, -0.15) is 4.99 Å². The second-order valence-electron chi connectivity index (χ2n) is 10.4. The van der Waals surface area contributed by atoms with Crippen molar-refractivity contribution in [2.75, 3.05) is 33.0 Å². The normalized spacial score (nSPS) is 15.0. The fourth-order valence-corrected chi connectivity index (χ4v) is 5.40. The number of ether oxygens (including phenoxy) is 5. The maximum atomic E-state index is 14.0. The van der Waals surface area contributed by atoms with Gasteiger partial charge < -0.3 is 28.3 Å². The highest BCUT2D eigenvalue weighted by Gasteiger charge is 2.25. The van der Waals surface area contributed by atoms with Gasteiger partial charge in [-0.3, -0.25) is 14.0 Å². The van der Waals surface area contributed by atoms with Gasteiger partial charge in [0.25, 0.3) is 11.5 Å². The van der Waals surface area contributed by atoms with Crippen molar-refractivity contribution >= 4 is 28.6 Å². The summed E-state index contributed by atoms with van der Waals surface area (Å²) < 4.78 is 31.8. The topological polar surface area (TPSA) is 132 Å². The predicted octanol–water partition coefficient (Wildman–Crippen LogP) is 4.25. The lowest BCUT2D eigenvalue weighted by atomic mass is 10.1. The fourth-order valence-electron chi connectivity index (χ4n) is 5.40. The van der Waals surface area contributed by atoms with E-state index in [1.807, 2.05) is 33.8 Å². The zero-order chi connectivity index (χ0) is 32.1. The average Bonchev–Trinajstić information content (AvgIpc) is 3.54. The molecule has 0 unspecified atom stereocenters. The van der Waals surface area contributed by atoms with Crippen LogP contribution in [0.5, 0.6) is 17.2 Å². The summed E-state index contributed by atoms with van der Waals surface area (Å²) in [6.07, 6.45) is 3.00. The fraction of sp³-hybridized carbons (Fsp3) is 0.424. The molecule has 12 nitrogen and oxygen atoms in total. The first-order chi connectivity index (χ1) is 21.8. The molecule has 238 valence electrons. The number of hydrogen-bond donors (Lipinski definition) is 0. The number of carbonyl (C=O) groups excluding carboxylic acids is 2. The Morgan fingerprint density at radius 3 is 2.33 bits per heavy atom. The van der Waals surface area contributed by atoms with Crippen LogP contribution < -0.4 is 25.3 Å². The van der Waals surface area contributed by atoms with Gasteiger partial charge in [-0.05, 0) is 77.3 Å². The molecule has 0 bridgehead atoms. The van der Waals surface area contributed by atoms with E-state index in [0.29, 0.717) is 49.3 Å². The molecule has 1 aliphatic rings. The highest BCUT2D eigenvalue weighted by atomic mass is 16.5. The lowest BCUT2D eigenvalue weighted by Gasteiger charge is -2.18. The Morgan fingerprint density at radius 2 is 1.71 bits per heavy atom. The van der Waals surface area contributed by atoms with Crippen LogP contribution in [0.1, 0.15) is 66.8 Å². The Kier molecular flexibility index (Phi) is 9.82. The Hall–Kier alpha value is -4.71. The smallest absolute Gasteiger partial charge is 0.341 e. The quantitative estimate of drug-likeness (QED) is 0.179. The molecule has 5 rings (SSSR count). The Balaban J connectivity index is 1.83. The largest absolute Gasteiger partial charge is 0.490 e. The van der Waals surface area contributed by atoms with E-state index in [-0.39, 0.29) is 52.5 Å². The molecule has 45 heavy (non-hydrogen) atoms. The van der Waals surface area contributed by atoms with Crippen molar-refractivity contribution in [3.8, 4) is 17.2 Å². The van der Waals surface area contributed by atoms with Crippen molar-refractivity contribution in [1.29, 1.82) is 0 Å². The van der Waals surface area contributed by atoms with Crippen LogP contribution in [0.15, 0.2) is 46.3 Å². The number of nitrogens with zero attached hydrogens (tertiary/aromatic N) is 4. The first-order valence-corrected chi connectivity index (χ1v) is 15.3. The number of hydrogen-bond acceptors (Lipinski definition) is 9. The zero-order valence-corrected chi connectivity index (χ0v) is 26.3. The molecule has 0 radical (unpaired) electrons. The lowest BCUT2D eigenvalue weighted by molar-refractivity contribution is 0.0521. The zero-order valence-electron chi connectivity index (χ0n) is 26.3. The standard InChI is InChI=1S/C33H38N4O8/c1-6-41-25-16-21(17-26(42-7-2)27(25)43-8-3)31(38)35-30-24(33(40)44-9-4)18-23-29(37(30)19-22-13-11-15-45-22)34-28-20(5)12-10-14-36(28)32(23)39/h10,12,14,16-18,22H,6-9,11,13,15,19H2,1-5H3/t22-/m0/s1. The molecule has 1 aromatic carbocycles. The lowest BCUT2D eigenvalue weighted by Crippen LogP contribution is -2.35. The van der Waals surface area contributed by atoms with Crippen molar-refractivity contribution in [1.82, 2.24) is 14.0 Å². The van der Waals surface area contributed by atoms with Gasteiger partial charge in [0.1, 0.15) is 16.9 Å². The third-order valence-electron chi connectivity index (χ3n) is 7.37. The molecule has 1 saturated heterocycles. The van der Waals surface area contributed by atoms with Crippen LogP contribution in [0.2, 0.25) is 0 Å². The van der Waals surface area contributed by atoms with Crippen molar-refractivity contribution in [2.45, 2.75) is 60.1 Å². The van der Waals surface area contributed by atoms with Gasteiger partial charge in [0.05, 0.1) is 44.5 Å². The van der Waals surface area contributed by atoms with Crippen LogP contribution in [-0.2, 0) is 16.0 Å². The Bertz CT molecular complexity index is 1840. The molecule has 1 amide bonds. The van der Waals surface area contributed by atoms with E-state index < -0.39 is 11.9 Å². The summed E-state index contributed by atoms with van der Waals surface area (Å²) in [4.78, 5) is 50.6. The van der Waals surface area contributed by atoms with Gasteiger partial charge in [-0.25, -0.2) is 9.78 Å². The Labute approximate surface area is 260 Å². The molecule has 0 saturated carbocycles.